The fourth-order valence-electron chi connectivity index (χ4n) is 2.85. The molecule has 144 valence electrons. The number of carboxylic acid groups (broad SMARTS) is 1. The summed E-state index contributed by atoms with van der Waals surface area (Å²) in [6, 6.07) is 3.17. The minimum atomic E-state index is -2.22. The van der Waals surface area contributed by atoms with Crippen LogP contribution in [0.3, 0.4) is 0 Å². The summed E-state index contributed by atoms with van der Waals surface area (Å²) in [6.07, 6.45) is 1.21. The van der Waals surface area contributed by atoms with E-state index >= 15 is 0 Å². The van der Waals surface area contributed by atoms with Gasteiger partial charge >= 0.3 is 11.9 Å². The van der Waals surface area contributed by atoms with Gasteiger partial charge in [-0.05, 0) is 12.1 Å². The van der Waals surface area contributed by atoms with Crippen LogP contribution in [0, 0.1) is 0 Å². The zero-order valence-corrected chi connectivity index (χ0v) is 14.9. The number of rotatable bonds is 6. The Balaban J connectivity index is 1.76. The normalized spacial score (nSPS) is 24.1. The molecule has 3 N–H and O–H groups in total. The van der Waals surface area contributed by atoms with Gasteiger partial charge in [0.1, 0.15) is 23.4 Å². The number of ether oxygens (including phenoxy) is 1. The minimum Gasteiger partial charge on any atom is -0.477 e. The van der Waals surface area contributed by atoms with Gasteiger partial charge in [-0.3, -0.25) is 19.3 Å². The van der Waals surface area contributed by atoms with Crippen LogP contribution in [-0.4, -0.2) is 62.3 Å². The van der Waals surface area contributed by atoms with Gasteiger partial charge in [0.05, 0.1) is 12.7 Å². The van der Waals surface area contributed by atoms with Gasteiger partial charge in [-0.15, -0.1) is 11.8 Å². The third-order valence-electron chi connectivity index (χ3n) is 4.03. The van der Waals surface area contributed by atoms with Gasteiger partial charge in [-0.25, -0.2) is 4.79 Å². The standard InChI is InChI=1S/C16H16N2O8S/c1-8(19)26-6-9-7-27-15-16(24,14(23)18(15)12(9)13(21)22)17-11(20)5-10-3-2-4-25-10/h2-4,15,24H,5-7H2,1H3,(H,17,20)(H,21,22)/t15-,16?/m1/s1. The molecular formula is C16H16N2O8S. The van der Waals surface area contributed by atoms with E-state index in [1.807, 2.05) is 0 Å². The number of esters is 1. The average Bonchev–Trinajstić information content (AvgIpc) is 3.11. The van der Waals surface area contributed by atoms with Crippen LogP contribution in [0.4, 0.5) is 0 Å². The van der Waals surface area contributed by atoms with Crippen molar-refractivity contribution in [2.45, 2.75) is 24.4 Å². The minimum absolute atomic E-state index is 0.111. The SMILES string of the molecule is CC(=O)OCC1=C(C(=O)O)N2C(=O)C(O)(NC(=O)Cc3ccco3)[C@H]2SC1. The first-order valence-corrected chi connectivity index (χ1v) is 8.88. The number of thioether (sulfide) groups is 1. The number of carbonyl (C=O) groups is 4. The maximum Gasteiger partial charge on any atom is 0.352 e. The van der Waals surface area contributed by atoms with Crippen molar-refractivity contribution in [1.29, 1.82) is 0 Å². The van der Waals surface area contributed by atoms with E-state index in [0.717, 1.165) is 16.7 Å². The second kappa shape index (κ2) is 7.08. The molecule has 2 amide bonds. The third kappa shape index (κ3) is 3.43. The summed E-state index contributed by atoms with van der Waals surface area (Å²) in [4.78, 5) is 48.0. The van der Waals surface area contributed by atoms with Crippen molar-refractivity contribution in [3.05, 3.63) is 35.4 Å². The summed E-state index contributed by atoms with van der Waals surface area (Å²) in [5, 5.41) is 21.3. The summed E-state index contributed by atoms with van der Waals surface area (Å²) >= 11 is 1.06. The quantitative estimate of drug-likeness (QED) is 0.327. The number of carboxylic acids is 1. The van der Waals surface area contributed by atoms with Gasteiger partial charge in [0, 0.05) is 18.2 Å². The van der Waals surface area contributed by atoms with Gasteiger partial charge in [-0.2, -0.15) is 0 Å². The lowest BCUT2D eigenvalue weighted by molar-refractivity contribution is -0.186. The molecule has 0 aliphatic carbocycles. The smallest absolute Gasteiger partial charge is 0.352 e. The summed E-state index contributed by atoms with van der Waals surface area (Å²) in [6.45, 7) is 0.908. The number of carbonyl (C=O) groups excluding carboxylic acids is 3. The third-order valence-corrected chi connectivity index (χ3v) is 5.41. The highest BCUT2D eigenvalue weighted by atomic mass is 32.2. The molecule has 0 aromatic carbocycles. The molecule has 11 heteroatoms. The van der Waals surface area contributed by atoms with E-state index in [4.69, 9.17) is 9.15 Å². The lowest BCUT2D eigenvalue weighted by Crippen LogP contribution is -2.80. The number of nitrogens with one attached hydrogen (secondary N) is 1. The Hall–Kier alpha value is -2.79. The number of fused-ring (bicyclic) bond motifs is 1. The van der Waals surface area contributed by atoms with Crippen LogP contribution in [0.2, 0.25) is 0 Å². The summed E-state index contributed by atoms with van der Waals surface area (Å²) in [7, 11) is 0. The average molecular weight is 396 g/mol. The molecule has 3 heterocycles. The molecular weight excluding hydrogens is 380 g/mol. The second-order valence-corrected chi connectivity index (χ2v) is 7.02. The molecule has 1 unspecified atom stereocenters. The first kappa shape index (κ1) is 19.0. The molecule has 2 aliphatic rings. The van der Waals surface area contributed by atoms with Crippen LogP contribution in [-0.2, 0) is 30.3 Å². The van der Waals surface area contributed by atoms with Crippen molar-refractivity contribution >= 4 is 35.5 Å². The summed E-state index contributed by atoms with van der Waals surface area (Å²) < 4.78 is 9.87. The Labute approximate surface area is 157 Å². The van der Waals surface area contributed by atoms with Crippen LogP contribution in [0.25, 0.3) is 0 Å². The molecule has 3 rings (SSSR count). The fourth-order valence-corrected chi connectivity index (χ4v) is 4.18. The predicted molar refractivity (Wildman–Crippen MR) is 89.9 cm³/mol. The maximum atomic E-state index is 12.5. The van der Waals surface area contributed by atoms with Crippen LogP contribution >= 0.6 is 11.8 Å². The predicted octanol–water partition coefficient (Wildman–Crippen LogP) is -0.556. The second-order valence-electron chi connectivity index (χ2n) is 5.95. The topological polar surface area (TPSA) is 146 Å². The lowest BCUT2D eigenvalue weighted by Gasteiger charge is -2.54. The molecule has 27 heavy (non-hydrogen) atoms. The maximum absolute atomic E-state index is 12.5. The molecule has 1 aromatic rings. The van der Waals surface area contributed by atoms with Gasteiger partial charge in [-0.1, -0.05) is 0 Å². The van der Waals surface area contributed by atoms with E-state index in [2.05, 4.69) is 5.32 Å². The van der Waals surface area contributed by atoms with E-state index in [0.29, 0.717) is 5.76 Å². The van der Waals surface area contributed by atoms with E-state index in [-0.39, 0.29) is 30.1 Å². The zero-order chi connectivity index (χ0) is 19.8. The summed E-state index contributed by atoms with van der Waals surface area (Å²) in [5.74, 6) is -3.13. The molecule has 2 aliphatic heterocycles. The number of amides is 2. The molecule has 2 atom stereocenters. The van der Waals surface area contributed by atoms with E-state index in [1.54, 1.807) is 12.1 Å². The molecule has 1 aromatic heterocycles. The Morgan fingerprint density at radius 2 is 2.22 bits per heavy atom. The number of hydrogen-bond acceptors (Lipinski definition) is 8. The highest BCUT2D eigenvalue weighted by molar-refractivity contribution is 8.00. The number of furan rings is 1. The number of β-lactam (4-membered cyclic amide) rings is 1. The fraction of sp³-hybridized carbons (Fsp3) is 0.375. The number of nitrogens with zero attached hydrogens (tertiary/aromatic N) is 1. The Morgan fingerprint density at radius 3 is 2.81 bits per heavy atom. The van der Waals surface area contributed by atoms with Crippen LogP contribution in [0.5, 0.6) is 0 Å². The highest BCUT2D eigenvalue weighted by Gasteiger charge is 2.65. The Bertz CT molecular complexity index is 833. The summed E-state index contributed by atoms with van der Waals surface area (Å²) in [5.41, 5.74) is -2.34. The van der Waals surface area contributed by atoms with Crippen molar-refractivity contribution in [1.82, 2.24) is 10.2 Å². The van der Waals surface area contributed by atoms with Crippen molar-refractivity contribution in [3.63, 3.8) is 0 Å². The van der Waals surface area contributed by atoms with E-state index < -0.39 is 34.9 Å². The number of hydrogen-bond donors (Lipinski definition) is 3. The molecule has 0 spiro atoms. The zero-order valence-electron chi connectivity index (χ0n) is 14.1. The van der Waals surface area contributed by atoms with E-state index in [9.17, 15) is 29.4 Å². The van der Waals surface area contributed by atoms with Gasteiger partial charge in [0.25, 0.3) is 11.6 Å². The van der Waals surface area contributed by atoms with Crippen molar-refractivity contribution in [3.8, 4) is 0 Å². The lowest BCUT2D eigenvalue weighted by atomic mass is 9.98. The van der Waals surface area contributed by atoms with Crippen molar-refractivity contribution < 1.29 is 38.5 Å². The molecule has 0 saturated carbocycles. The molecule has 10 nitrogen and oxygen atoms in total. The van der Waals surface area contributed by atoms with Crippen molar-refractivity contribution in [2.24, 2.45) is 0 Å². The van der Waals surface area contributed by atoms with Gasteiger partial charge < -0.3 is 24.7 Å². The molecule has 0 bridgehead atoms. The number of aliphatic carboxylic acids is 1. The molecule has 1 fully saturated rings. The van der Waals surface area contributed by atoms with Crippen molar-refractivity contribution in [2.75, 3.05) is 12.4 Å². The largest absolute Gasteiger partial charge is 0.477 e. The Morgan fingerprint density at radius 1 is 1.48 bits per heavy atom. The van der Waals surface area contributed by atoms with E-state index in [1.165, 1.54) is 13.2 Å². The molecule has 0 radical (unpaired) electrons. The monoisotopic (exact) mass is 396 g/mol. The first-order chi connectivity index (χ1) is 12.7. The highest BCUT2D eigenvalue weighted by Crippen LogP contribution is 2.45. The number of aliphatic hydroxyl groups is 1. The van der Waals surface area contributed by atoms with Crippen LogP contribution in [0.15, 0.2) is 34.1 Å². The molecule has 1 saturated heterocycles. The van der Waals surface area contributed by atoms with Crippen LogP contribution in [0.1, 0.15) is 12.7 Å². The van der Waals surface area contributed by atoms with Gasteiger partial charge in [0.2, 0.25) is 5.91 Å². The van der Waals surface area contributed by atoms with Crippen LogP contribution < -0.4 is 5.32 Å². The first-order valence-electron chi connectivity index (χ1n) is 7.83. The Kier molecular flexibility index (Phi) is 4.98. The van der Waals surface area contributed by atoms with Gasteiger partial charge in [0.15, 0.2) is 0 Å².